The third-order valence-electron chi connectivity index (χ3n) is 5.39. The second kappa shape index (κ2) is 9.58. The molecule has 1 aliphatic heterocycles. The lowest BCUT2D eigenvalue weighted by Gasteiger charge is -2.34. The normalized spacial score (nSPS) is 20.4. The van der Waals surface area contributed by atoms with Crippen LogP contribution in [0.25, 0.3) is 11.3 Å². The fourth-order valence-electron chi connectivity index (χ4n) is 3.85. The number of hydrogen-bond acceptors (Lipinski definition) is 7. The van der Waals surface area contributed by atoms with Crippen molar-refractivity contribution >= 4 is 15.9 Å². The Labute approximate surface area is 200 Å². The molecular formula is C24H32FN3O5S. The molecule has 0 N–H and O–H groups in total. The van der Waals surface area contributed by atoms with Crippen molar-refractivity contribution in [2.45, 2.75) is 64.5 Å². The van der Waals surface area contributed by atoms with Crippen LogP contribution in [0.4, 0.5) is 9.18 Å². The second-order valence-corrected chi connectivity index (χ2v) is 12.2. The molecule has 1 fully saturated rings. The van der Waals surface area contributed by atoms with Gasteiger partial charge in [-0.3, -0.25) is 14.9 Å². The minimum absolute atomic E-state index is 0.0174. The third kappa shape index (κ3) is 6.29. The van der Waals surface area contributed by atoms with Crippen molar-refractivity contribution in [2.24, 2.45) is 0 Å². The smallest absolute Gasteiger partial charge is 0.413 e. The highest BCUT2D eigenvalue weighted by atomic mass is 32.2. The van der Waals surface area contributed by atoms with Gasteiger partial charge in [0.1, 0.15) is 33.9 Å². The van der Waals surface area contributed by atoms with E-state index in [0.717, 1.165) is 11.1 Å². The topological polar surface area (TPSA) is 98.7 Å². The Morgan fingerprint density at radius 3 is 2.32 bits per heavy atom. The van der Waals surface area contributed by atoms with Crippen molar-refractivity contribution in [2.75, 3.05) is 18.7 Å². The first-order chi connectivity index (χ1) is 15.7. The average molecular weight is 494 g/mol. The van der Waals surface area contributed by atoms with E-state index in [1.807, 2.05) is 24.3 Å². The summed E-state index contributed by atoms with van der Waals surface area (Å²) in [7, 11) is -3.07. The Hall–Kier alpha value is -2.59. The summed E-state index contributed by atoms with van der Waals surface area (Å²) in [5.74, 6) is 0.0174. The molecule has 8 nitrogen and oxygen atoms in total. The number of ether oxygens (including phenoxy) is 2. The highest BCUT2D eigenvalue weighted by Gasteiger charge is 2.51. The average Bonchev–Trinajstić information content (AvgIpc) is 3.01. The number of alkyl halides is 1. The number of hydrogen-bond donors (Lipinski definition) is 0. The predicted molar refractivity (Wildman–Crippen MR) is 127 cm³/mol. The molecule has 2 heterocycles. The Bertz CT molecular complexity index is 1110. The maximum Gasteiger partial charge on any atom is 0.413 e. The lowest BCUT2D eigenvalue weighted by atomic mass is 10.0. The van der Waals surface area contributed by atoms with Crippen LogP contribution in [-0.4, -0.2) is 65.4 Å². The maximum atomic E-state index is 14.2. The van der Waals surface area contributed by atoms with Gasteiger partial charge in [-0.25, -0.2) is 17.6 Å². The fourth-order valence-corrected chi connectivity index (χ4v) is 4.43. The summed E-state index contributed by atoms with van der Waals surface area (Å²) in [5, 5.41) is 0. The van der Waals surface area contributed by atoms with Crippen LogP contribution in [0.2, 0.25) is 0 Å². The number of carbonyl (C=O) groups is 1. The summed E-state index contributed by atoms with van der Waals surface area (Å²) < 4.78 is 48.4. The standard InChI is InChI=1S/C24H32FN3O5S/c1-23(2,3)33-22(29)28-20(13-25)21(32-24(28,4)5)17-9-7-16(8-10-17)19-15-26-18(14-27-19)11-12-34(6,30)31/h7-10,14-15,20-21H,11-13H2,1-6H3/t20-,21-/m1/s1. The molecule has 0 saturated carbocycles. The second-order valence-electron chi connectivity index (χ2n) is 9.95. The maximum absolute atomic E-state index is 14.2. The highest BCUT2D eigenvalue weighted by Crippen LogP contribution is 2.42. The van der Waals surface area contributed by atoms with E-state index >= 15 is 0 Å². The van der Waals surface area contributed by atoms with Crippen LogP contribution in [-0.2, 0) is 25.7 Å². The van der Waals surface area contributed by atoms with Crippen molar-refractivity contribution in [3.63, 3.8) is 0 Å². The van der Waals surface area contributed by atoms with Gasteiger partial charge in [-0.2, -0.15) is 0 Å². The number of aromatic nitrogens is 2. The lowest BCUT2D eigenvalue weighted by molar-refractivity contribution is -0.0797. The number of aryl methyl sites for hydroxylation is 1. The van der Waals surface area contributed by atoms with Crippen LogP contribution in [0.1, 0.15) is 52.0 Å². The molecule has 0 bridgehead atoms. The summed E-state index contributed by atoms with van der Waals surface area (Å²) in [4.78, 5) is 22.8. The third-order valence-corrected chi connectivity index (χ3v) is 6.34. The predicted octanol–water partition coefficient (Wildman–Crippen LogP) is 4.11. The minimum atomic E-state index is -3.07. The van der Waals surface area contributed by atoms with Crippen LogP contribution < -0.4 is 0 Å². The minimum Gasteiger partial charge on any atom is -0.444 e. The summed E-state index contributed by atoms with van der Waals surface area (Å²) in [6, 6.07) is 6.46. The zero-order valence-corrected chi connectivity index (χ0v) is 21.2. The molecule has 186 valence electrons. The number of amides is 1. The number of carbonyl (C=O) groups excluding carboxylic acids is 1. The van der Waals surface area contributed by atoms with E-state index in [4.69, 9.17) is 9.47 Å². The van der Waals surface area contributed by atoms with Crippen LogP contribution in [0, 0.1) is 0 Å². The summed E-state index contributed by atoms with van der Waals surface area (Å²) in [6.07, 6.45) is 3.37. The van der Waals surface area contributed by atoms with E-state index in [1.54, 1.807) is 47.0 Å². The SMILES string of the molecule is CC(C)(C)OC(=O)N1[C@H](CF)[C@@H](c2ccc(-c3cnc(CCS(C)(=O)=O)cn3)cc2)OC1(C)C. The largest absolute Gasteiger partial charge is 0.444 e. The van der Waals surface area contributed by atoms with Gasteiger partial charge in [0.05, 0.1) is 29.4 Å². The number of nitrogens with zero attached hydrogens (tertiary/aromatic N) is 3. The molecule has 0 unspecified atom stereocenters. The van der Waals surface area contributed by atoms with E-state index < -0.39 is 46.1 Å². The molecule has 1 amide bonds. The van der Waals surface area contributed by atoms with Gasteiger partial charge in [0.25, 0.3) is 0 Å². The zero-order valence-electron chi connectivity index (χ0n) is 20.4. The van der Waals surface area contributed by atoms with Gasteiger partial charge in [-0.05, 0) is 40.2 Å². The van der Waals surface area contributed by atoms with E-state index in [1.165, 1.54) is 11.2 Å². The van der Waals surface area contributed by atoms with Crippen molar-refractivity contribution in [3.8, 4) is 11.3 Å². The zero-order chi connectivity index (χ0) is 25.3. The molecular weight excluding hydrogens is 461 g/mol. The Morgan fingerprint density at radius 1 is 1.18 bits per heavy atom. The van der Waals surface area contributed by atoms with Crippen molar-refractivity contribution < 1.29 is 27.1 Å². The van der Waals surface area contributed by atoms with Gasteiger partial charge in [-0.1, -0.05) is 24.3 Å². The van der Waals surface area contributed by atoms with Crippen LogP contribution in [0.15, 0.2) is 36.7 Å². The molecule has 0 aliphatic carbocycles. The first-order valence-corrected chi connectivity index (χ1v) is 13.1. The molecule has 1 aromatic carbocycles. The first kappa shape index (κ1) is 26.0. The van der Waals surface area contributed by atoms with Gasteiger partial charge >= 0.3 is 6.09 Å². The number of rotatable bonds is 6. The van der Waals surface area contributed by atoms with Crippen LogP contribution >= 0.6 is 0 Å². The molecule has 1 aromatic heterocycles. The molecule has 0 spiro atoms. The number of benzene rings is 1. The Balaban J connectivity index is 1.78. The molecule has 1 saturated heterocycles. The summed E-state index contributed by atoms with van der Waals surface area (Å²) in [5.41, 5.74) is 0.984. The van der Waals surface area contributed by atoms with E-state index in [0.29, 0.717) is 17.8 Å². The van der Waals surface area contributed by atoms with Crippen molar-refractivity contribution in [3.05, 3.63) is 47.9 Å². The van der Waals surface area contributed by atoms with E-state index in [9.17, 15) is 17.6 Å². The van der Waals surface area contributed by atoms with Gasteiger partial charge in [0.15, 0.2) is 0 Å². The quantitative estimate of drug-likeness (QED) is 0.597. The number of sulfone groups is 1. The van der Waals surface area contributed by atoms with Gasteiger partial charge in [0, 0.05) is 24.4 Å². The van der Waals surface area contributed by atoms with E-state index in [2.05, 4.69) is 9.97 Å². The summed E-state index contributed by atoms with van der Waals surface area (Å²) in [6.45, 7) is 7.93. The fraction of sp³-hybridized carbons (Fsp3) is 0.542. The molecule has 10 heteroatoms. The molecule has 3 rings (SSSR count). The van der Waals surface area contributed by atoms with Crippen molar-refractivity contribution in [1.82, 2.24) is 14.9 Å². The molecule has 2 atom stereocenters. The molecule has 2 aromatic rings. The molecule has 0 radical (unpaired) electrons. The lowest BCUT2D eigenvalue weighted by Crippen LogP contribution is -2.50. The van der Waals surface area contributed by atoms with Gasteiger partial charge < -0.3 is 9.47 Å². The highest BCUT2D eigenvalue weighted by molar-refractivity contribution is 7.90. The van der Waals surface area contributed by atoms with E-state index in [-0.39, 0.29) is 5.75 Å². The van der Waals surface area contributed by atoms with Crippen molar-refractivity contribution in [1.29, 1.82) is 0 Å². The van der Waals surface area contributed by atoms with Crippen LogP contribution in [0.5, 0.6) is 0 Å². The Kier molecular flexibility index (Phi) is 7.33. The molecule has 1 aliphatic rings. The first-order valence-electron chi connectivity index (χ1n) is 11.1. The summed E-state index contributed by atoms with van der Waals surface area (Å²) >= 11 is 0. The Morgan fingerprint density at radius 2 is 1.82 bits per heavy atom. The van der Waals surface area contributed by atoms with Crippen LogP contribution in [0.3, 0.4) is 0 Å². The number of halogens is 1. The monoisotopic (exact) mass is 493 g/mol. The molecule has 34 heavy (non-hydrogen) atoms. The van der Waals surface area contributed by atoms with Gasteiger partial charge in [0.2, 0.25) is 0 Å². The van der Waals surface area contributed by atoms with Gasteiger partial charge in [-0.15, -0.1) is 0 Å².